The molecule has 45 heavy (non-hydrogen) atoms. The van der Waals surface area contributed by atoms with Gasteiger partial charge in [-0.1, -0.05) is 42.3 Å². The van der Waals surface area contributed by atoms with Crippen LogP contribution in [-0.2, 0) is 4.79 Å². The highest BCUT2D eigenvalue weighted by Crippen LogP contribution is 2.31. The number of aliphatic carboxylic acids is 1. The summed E-state index contributed by atoms with van der Waals surface area (Å²) in [6, 6.07) is 15.8. The number of carbonyl (C=O) groups excluding carboxylic acids is 1. The van der Waals surface area contributed by atoms with Gasteiger partial charge in [0.2, 0.25) is 0 Å². The van der Waals surface area contributed by atoms with E-state index in [1.807, 2.05) is 36.4 Å². The third-order valence-electron chi connectivity index (χ3n) is 7.59. The number of carboxylic acid groups (broad SMARTS) is 1. The number of rotatable bonds is 12. The lowest BCUT2D eigenvalue weighted by Gasteiger charge is -2.20. The molecule has 5 N–H and O–H groups in total. The number of hydrogen-bond acceptors (Lipinski definition) is 7. The Hall–Kier alpha value is -4.74. The summed E-state index contributed by atoms with van der Waals surface area (Å²) >= 11 is 6.14. The Morgan fingerprint density at radius 2 is 1.96 bits per heavy atom. The number of halogens is 2. The highest BCUT2D eigenvalue weighted by Gasteiger charge is 2.41. The number of nitrogens with two attached hydrogens (primary N) is 2. The van der Waals surface area contributed by atoms with Crippen molar-refractivity contribution in [3.05, 3.63) is 95.0 Å². The molecule has 1 saturated heterocycles. The maximum absolute atomic E-state index is 13.5. The summed E-state index contributed by atoms with van der Waals surface area (Å²) in [4.78, 5) is 31.4. The van der Waals surface area contributed by atoms with E-state index in [1.165, 1.54) is 34.1 Å². The van der Waals surface area contributed by atoms with Crippen molar-refractivity contribution in [2.75, 3.05) is 25.4 Å². The number of aromatic nitrogens is 2. The predicted molar refractivity (Wildman–Crippen MR) is 172 cm³/mol. The number of carbonyl (C=O) groups is 2. The Bertz CT molecular complexity index is 1710. The Kier molecular flexibility index (Phi) is 10.1. The maximum atomic E-state index is 13.5. The van der Waals surface area contributed by atoms with Gasteiger partial charge in [-0.15, -0.1) is 0 Å². The maximum Gasteiger partial charge on any atom is 0.326 e. The van der Waals surface area contributed by atoms with Gasteiger partial charge in [-0.05, 0) is 66.9 Å². The summed E-state index contributed by atoms with van der Waals surface area (Å²) < 4.78 is 21.1. The minimum atomic E-state index is -1.14. The van der Waals surface area contributed by atoms with Crippen LogP contribution in [0.4, 0.5) is 10.1 Å². The fraction of sp³-hybridized carbons (Fsp3) is 0.273. The Balaban J connectivity index is 1.31. The lowest BCUT2D eigenvalue weighted by atomic mass is 9.98. The highest BCUT2D eigenvalue weighted by molar-refractivity contribution is 6.32. The smallest absolute Gasteiger partial charge is 0.326 e. The van der Waals surface area contributed by atoms with E-state index in [2.05, 4.69) is 10.1 Å². The molecule has 12 heteroatoms. The summed E-state index contributed by atoms with van der Waals surface area (Å²) in [7, 11) is 0. The van der Waals surface area contributed by atoms with Gasteiger partial charge >= 0.3 is 5.97 Å². The normalized spacial score (nSPS) is 16.4. The molecule has 0 bridgehead atoms. The van der Waals surface area contributed by atoms with Crippen LogP contribution in [0.25, 0.3) is 16.8 Å². The molecule has 1 amide bonds. The summed E-state index contributed by atoms with van der Waals surface area (Å²) in [5.41, 5.74) is 15.6. The van der Waals surface area contributed by atoms with Gasteiger partial charge in [-0.25, -0.2) is 13.9 Å². The molecule has 1 aliphatic rings. The number of benzene rings is 3. The number of ether oxygens (including phenoxy) is 1. The molecule has 0 saturated carbocycles. The predicted octanol–water partition coefficient (Wildman–Crippen LogP) is 5.21. The molecule has 2 unspecified atom stereocenters. The molecule has 0 radical (unpaired) electrons. The lowest BCUT2D eigenvalue weighted by Crippen LogP contribution is -2.40. The van der Waals surface area contributed by atoms with Gasteiger partial charge in [0.15, 0.2) is 0 Å². The van der Waals surface area contributed by atoms with Crippen molar-refractivity contribution < 1.29 is 23.8 Å². The second-order valence-electron chi connectivity index (χ2n) is 10.8. The molecular weight excluding hydrogens is 599 g/mol. The summed E-state index contributed by atoms with van der Waals surface area (Å²) in [5.74, 6) is -1.62. The van der Waals surface area contributed by atoms with E-state index in [1.54, 1.807) is 12.3 Å². The molecular formula is C33H34ClFN6O4. The molecule has 10 nitrogen and oxygen atoms in total. The first-order chi connectivity index (χ1) is 21.7. The van der Waals surface area contributed by atoms with Gasteiger partial charge in [0, 0.05) is 36.6 Å². The zero-order valence-corrected chi connectivity index (χ0v) is 25.2. The van der Waals surface area contributed by atoms with Crippen molar-refractivity contribution in [1.29, 1.82) is 0 Å². The third-order valence-corrected chi connectivity index (χ3v) is 7.90. The number of likely N-dealkylation sites (tertiary alicyclic amines) is 1. The van der Waals surface area contributed by atoms with E-state index in [0.29, 0.717) is 30.2 Å². The second kappa shape index (κ2) is 14.4. The van der Waals surface area contributed by atoms with Gasteiger partial charge in [0.1, 0.15) is 23.7 Å². The minimum absolute atomic E-state index is 0.0584. The fourth-order valence-electron chi connectivity index (χ4n) is 5.33. The van der Waals surface area contributed by atoms with E-state index in [-0.39, 0.29) is 23.6 Å². The van der Waals surface area contributed by atoms with Crippen LogP contribution in [0, 0.1) is 5.82 Å². The van der Waals surface area contributed by atoms with Crippen LogP contribution in [0.15, 0.2) is 78.0 Å². The number of amides is 1. The average Bonchev–Trinajstić information content (AvgIpc) is 3.67. The summed E-state index contributed by atoms with van der Waals surface area (Å²) in [6.45, 7) is 1.41. The lowest BCUT2D eigenvalue weighted by molar-refractivity contribution is -0.141. The largest absolute Gasteiger partial charge is 0.488 e. The highest BCUT2D eigenvalue weighted by atomic mass is 35.5. The average molecular weight is 633 g/mol. The van der Waals surface area contributed by atoms with Crippen molar-refractivity contribution in [2.24, 2.45) is 10.7 Å². The van der Waals surface area contributed by atoms with Crippen LogP contribution in [0.2, 0.25) is 5.02 Å². The molecule has 2 atom stereocenters. The topological polar surface area (TPSA) is 149 Å². The van der Waals surface area contributed by atoms with Crippen molar-refractivity contribution in [2.45, 2.75) is 37.8 Å². The summed E-state index contributed by atoms with van der Waals surface area (Å²) in [5, 5.41) is 14.2. The third kappa shape index (κ3) is 7.50. The summed E-state index contributed by atoms with van der Waals surface area (Å²) in [6.07, 6.45) is 7.03. The van der Waals surface area contributed by atoms with E-state index >= 15 is 0 Å². The van der Waals surface area contributed by atoms with Gasteiger partial charge in [0.05, 0.1) is 29.0 Å². The molecule has 3 aromatic carbocycles. The van der Waals surface area contributed by atoms with Crippen LogP contribution >= 0.6 is 11.6 Å². The standard InChI is InChI=1S/C33H34ClFN6O4/c34-28-15-23(35)10-11-30(28)41-19-22(17-39-41)32(42)40-20-25(16-31(40)33(43)44)45-24-7-4-6-21(14-24)26-8-5-9-29(37)27(26)18-38-13-3-1-2-12-36/h4-11,14-15,17-19,25,31H,1-3,12-13,16,20,36-37H2,(H,43,44). The molecule has 234 valence electrons. The molecule has 1 fully saturated rings. The minimum Gasteiger partial charge on any atom is -0.488 e. The Morgan fingerprint density at radius 3 is 2.73 bits per heavy atom. The number of nitrogen functional groups attached to an aromatic ring is 1. The van der Waals surface area contributed by atoms with Gasteiger partial charge in [-0.2, -0.15) is 5.10 Å². The second-order valence-corrected chi connectivity index (χ2v) is 11.2. The molecule has 2 heterocycles. The van der Waals surface area contributed by atoms with Crippen molar-refractivity contribution in [3.63, 3.8) is 0 Å². The molecule has 0 aliphatic carbocycles. The molecule has 4 aromatic rings. The Morgan fingerprint density at radius 1 is 1.13 bits per heavy atom. The van der Waals surface area contributed by atoms with Crippen LogP contribution in [0.5, 0.6) is 5.75 Å². The van der Waals surface area contributed by atoms with E-state index < -0.39 is 29.8 Å². The van der Waals surface area contributed by atoms with Crippen LogP contribution in [-0.4, -0.2) is 69.7 Å². The molecule has 1 aromatic heterocycles. The first-order valence-corrected chi connectivity index (χ1v) is 15.0. The van der Waals surface area contributed by atoms with Gasteiger partial charge < -0.3 is 26.2 Å². The van der Waals surface area contributed by atoms with Crippen molar-refractivity contribution in [3.8, 4) is 22.6 Å². The zero-order valence-electron chi connectivity index (χ0n) is 24.5. The molecule has 1 aliphatic heterocycles. The van der Waals surface area contributed by atoms with Crippen LogP contribution in [0.1, 0.15) is 41.6 Å². The van der Waals surface area contributed by atoms with Crippen molar-refractivity contribution >= 4 is 35.4 Å². The van der Waals surface area contributed by atoms with E-state index in [4.69, 9.17) is 27.8 Å². The van der Waals surface area contributed by atoms with Crippen LogP contribution < -0.4 is 16.2 Å². The zero-order chi connectivity index (χ0) is 31.9. The van der Waals surface area contributed by atoms with Crippen molar-refractivity contribution in [1.82, 2.24) is 14.7 Å². The van der Waals surface area contributed by atoms with Crippen LogP contribution in [0.3, 0.4) is 0 Å². The van der Waals surface area contributed by atoms with Gasteiger partial charge in [-0.3, -0.25) is 9.79 Å². The van der Waals surface area contributed by atoms with Gasteiger partial charge in [0.25, 0.3) is 5.91 Å². The molecule has 5 rings (SSSR count). The Labute approximate surface area is 265 Å². The number of aliphatic imine (C=N–C) groups is 1. The SMILES string of the molecule is NCCCCCN=Cc1c(N)cccc1-c1cccc(OC2CC(C(=O)O)N(C(=O)c3cnn(-c4ccc(F)cc4Cl)c3)C2)c1. The monoisotopic (exact) mass is 632 g/mol. The fourth-order valence-corrected chi connectivity index (χ4v) is 5.58. The van der Waals surface area contributed by atoms with E-state index in [0.717, 1.165) is 42.0 Å². The van der Waals surface area contributed by atoms with E-state index in [9.17, 15) is 19.1 Å². The first kappa shape index (κ1) is 31.7. The number of carboxylic acids is 1. The number of unbranched alkanes of at least 4 members (excludes halogenated alkanes) is 2. The first-order valence-electron chi connectivity index (χ1n) is 14.6. The number of anilines is 1. The number of hydrogen-bond donors (Lipinski definition) is 3. The quantitative estimate of drug-likeness (QED) is 0.110. The number of nitrogens with zero attached hydrogens (tertiary/aromatic N) is 4. The molecule has 0 spiro atoms.